The molecule has 20 heavy (non-hydrogen) atoms. The van der Waals surface area contributed by atoms with Crippen molar-refractivity contribution >= 4 is 11.6 Å². The lowest BCUT2D eigenvalue weighted by Gasteiger charge is -2.23. The molecule has 1 heterocycles. The smallest absolute Gasteiger partial charge is 0.122 e. The summed E-state index contributed by atoms with van der Waals surface area (Å²) in [6.45, 7) is 2.73. The van der Waals surface area contributed by atoms with E-state index in [9.17, 15) is 0 Å². The lowest BCUT2D eigenvalue weighted by atomic mass is 9.88. The van der Waals surface area contributed by atoms with Gasteiger partial charge in [-0.25, -0.2) is 0 Å². The molecule has 0 fully saturated rings. The molecule has 0 saturated carbocycles. The first-order chi connectivity index (χ1) is 9.70. The average Bonchev–Trinajstić information content (AvgIpc) is 2.88. The molecule has 3 heteroatoms. The van der Waals surface area contributed by atoms with Crippen LogP contribution in [0.1, 0.15) is 28.7 Å². The van der Waals surface area contributed by atoms with E-state index in [0.29, 0.717) is 12.5 Å². The lowest BCUT2D eigenvalue weighted by molar-refractivity contribution is 0.304. The molecule has 3 rings (SSSR count). The van der Waals surface area contributed by atoms with Crippen LogP contribution in [0.4, 0.5) is 0 Å². The van der Waals surface area contributed by atoms with E-state index < -0.39 is 0 Å². The first-order valence-corrected chi connectivity index (χ1v) is 7.23. The number of aryl methyl sites for hydroxylation is 1. The van der Waals surface area contributed by atoms with Crippen molar-refractivity contribution in [1.82, 2.24) is 5.32 Å². The number of para-hydroxylation sites is 1. The number of hydrogen-bond acceptors (Lipinski definition) is 2. The number of rotatable bonds is 3. The van der Waals surface area contributed by atoms with E-state index in [1.807, 2.05) is 26.1 Å². The van der Waals surface area contributed by atoms with E-state index in [0.717, 1.165) is 16.3 Å². The van der Waals surface area contributed by atoms with Crippen molar-refractivity contribution in [1.29, 1.82) is 0 Å². The van der Waals surface area contributed by atoms with Gasteiger partial charge in [0.25, 0.3) is 0 Å². The Morgan fingerprint density at radius 1 is 1.25 bits per heavy atom. The fraction of sp³-hybridized carbons (Fsp3) is 0.294. The van der Waals surface area contributed by atoms with Gasteiger partial charge in [0, 0.05) is 22.5 Å². The van der Waals surface area contributed by atoms with E-state index in [-0.39, 0.29) is 6.04 Å². The molecule has 0 radical (unpaired) electrons. The van der Waals surface area contributed by atoms with Gasteiger partial charge in [0.15, 0.2) is 0 Å². The monoisotopic (exact) mass is 287 g/mol. The van der Waals surface area contributed by atoms with Crippen molar-refractivity contribution in [3.8, 4) is 5.75 Å². The van der Waals surface area contributed by atoms with Gasteiger partial charge in [0.05, 0.1) is 6.61 Å². The largest absolute Gasteiger partial charge is 0.493 e. The fourth-order valence-electron chi connectivity index (χ4n) is 2.87. The molecule has 104 valence electrons. The Balaban J connectivity index is 1.97. The van der Waals surface area contributed by atoms with E-state index in [1.165, 1.54) is 11.1 Å². The van der Waals surface area contributed by atoms with Gasteiger partial charge >= 0.3 is 0 Å². The predicted octanol–water partition coefficient (Wildman–Crippen LogP) is 4.09. The summed E-state index contributed by atoms with van der Waals surface area (Å²) in [5.74, 6) is 1.31. The molecular weight excluding hydrogens is 270 g/mol. The van der Waals surface area contributed by atoms with E-state index in [2.05, 4.69) is 35.6 Å². The molecule has 2 unspecified atom stereocenters. The molecule has 2 aromatic rings. The van der Waals surface area contributed by atoms with Crippen LogP contribution in [-0.2, 0) is 0 Å². The van der Waals surface area contributed by atoms with Crippen LogP contribution in [0.2, 0.25) is 5.02 Å². The quantitative estimate of drug-likeness (QED) is 0.918. The van der Waals surface area contributed by atoms with Crippen LogP contribution >= 0.6 is 11.6 Å². The Labute approximate surface area is 124 Å². The van der Waals surface area contributed by atoms with Gasteiger partial charge in [-0.1, -0.05) is 41.9 Å². The number of halogens is 1. The highest BCUT2D eigenvalue weighted by atomic mass is 35.5. The Bertz CT molecular complexity index is 626. The van der Waals surface area contributed by atoms with Crippen LogP contribution in [0.5, 0.6) is 5.75 Å². The third-order valence-corrected chi connectivity index (χ3v) is 4.41. The zero-order chi connectivity index (χ0) is 14.1. The normalized spacial score (nSPS) is 18.4. The van der Waals surface area contributed by atoms with Gasteiger partial charge < -0.3 is 10.1 Å². The van der Waals surface area contributed by atoms with E-state index >= 15 is 0 Å². The van der Waals surface area contributed by atoms with Gasteiger partial charge in [-0.15, -0.1) is 0 Å². The second-order valence-corrected chi connectivity index (χ2v) is 5.64. The summed E-state index contributed by atoms with van der Waals surface area (Å²) in [6, 6.07) is 14.7. The molecule has 0 amide bonds. The van der Waals surface area contributed by atoms with Crippen molar-refractivity contribution in [3.63, 3.8) is 0 Å². The van der Waals surface area contributed by atoms with Gasteiger partial charge in [-0.2, -0.15) is 0 Å². The predicted molar refractivity (Wildman–Crippen MR) is 82.7 cm³/mol. The number of nitrogens with one attached hydrogen (secondary N) is 1. The summed E-state index contributed by atoms with van der Waals surface area (Å²) in [7, 11) is 1.99. The molecular formula is C17H18ClNO. The number of fused-ring (bicyclic) bond motifs is 1. The summed E-state index contributed by atoms with van der Waals surface area (Å²) < 4.78 is 5.80. The molecule has 0 saturated heterocycles. The van der Waals surface area contributed by atoms with Crippen molar-refractivity contribution in [3.05, 3.63) is 64.2 Å². The Morgan fingerprint density at radius 3 is 2.80 bits per heavy atom. The van der Waals surface area contributed by atoms with Crippen LogP contribution in [0.15, 0.2) is 42.5 Å². The van der Waals surface area contributed by atoms with Crippen molar-refractivity contribution < 1.29 is 4.74 Å². The van der Waals surface area contributed by atoms with Crippen LogP contribution in [0.3, 0.4) is 0 Å². The second kappa shape index (κ2) is 5.47. The first-order valence-electron chi connectivity index (χ1n) is 6.85. The second-order valence-electron chi connectivity index (χ2n) is 5.23. The highest BCUT2D eigenvalue weighted by molar-refractivity contribution is 6.31. The maximum absolute atomic E-state index is 6.26. The molecule has 0 bridgehead atoms. The molecule has 1 aliphatic rings. The summed E-state index contributed by atoms with van der Waals surface area (Å²) in [4.78, 5) is 0. The van der Waals surface area contributed by atoms with Crippen molar-refractivity contribution in [2.75, 3.05) is 13.7 Å². The van der Waals surface area contributed by atoms with Crippen molar-refractivity contribution in [2.45, 2.75) is 18.9 Å². The molecule has 2 atom stereocenters. The average molecular weight is 288 g/mol. The van der Waals surface area contributed by atoms with Crippen LogP contribution in [0.25, 0.3) is 0 Å². The van der Waals surface area contributed by atoms with Gasteiger partial charge in [0.1, 0.15) is 5.75 Å². The molecule has 0 spiro atoms. The Kier molecular flexibility index (Phi) is 3.68. The Hall–Kier alpha value is -1.51. The van der Waals surface area contributed by atoms with Gasteiger partial charge in [-0.3, -0.25) is 0 Å². The minimum Gasteiger partial charge on any atom is -0.493 e. The standard InChI is InChI=1S/C17H18ClNO/c1-11-7-8-12(9-15(11)18)17(19-2)14-10-20-16-6-4-3-5-13(14)16/h3-9,14,17,19H,10H2,1-2H3. The maximum Gasteiger partial charge on any atom is 0.122 e. The molecule has 2 aromatic carbocycles. The molecule has 0 aliphatic carbocycles. The third-order valence-electron chi connectivity index (χ3n) is 4.01. The molecule has 1 aliphatic heterocycles. The van der Waals surface area contributed by atoms with E-state index in [1.54, 1.807) is 0 Å². The van der Waals surface area contributed by atoms with Crippen LogP contribution in [0, 0.1) is 6.92 Å². The summed E-state index contributed by atoms with van der Waals surface area (Å²) >= 11 is 6.26. The SMILES string of the molecule is CNC(c1ccc(C)c(Cl)c1)C1COc2ccccc21. The zero-order valence-corrected chi connectivity index (χ0v) is 12.4. The summed E-state index contributed by atoms with van der Waals surface area (Å²) in [5.41, 5.74) is 3.57. The number of ether oxygens (including phenoxy) is 1. The summed E-state index contributed by atoms with van der Waals surface area (Å²) in [5, 5.41) is 4.22. The van der Waals surface area contributed by atoms with E-state index in [4.69, 9.17) is 16.3 Å². The Morgan fingerprint density at radius 2 is 2.05 bits per heavy atom. The fourth-order valence-corrected chi connectivity index (χ4v) is 3.06. The summed E-state index contributed by atoms with van der Waals surface area (Å²) in [6.07, 6.45) is 0. The van der Waals surface area contributed by atoms with Gasteiger partial charge in [0.2, 0.25) is 0 Å². The molecule has 1 N–H and O–H groups in total. The highest BCUT2D eigenvalue weighted by Gasteiger charge is 2.31. The minimum atomic E-state index is 0.205. The zero-order valence-electron chi connectivity index (χ0n) is 11.7. The molecule has 2 nitrogen and oxygen atoms in total. The number of likely N-dealkylation sites (N-methyl/N-ethyl adjacent to an activating group) is 1. The van der Waals surface area contributed by atoms with Crippen LogP contribution in [-0.4, -0.2) is 13.7 Å². The van der Waals surface area contributed by atoms with Crippen molar-refractivity contribution in [2.24, 2.45) is 0 Å². The lowest BCUT2D eigenvalue weighted by Crippen LogP contribution is -2.25. The van der Waals surface area contributed by atoms with Crippen LogP contribution < -0.4 is 10.1 Å². The first kappa shape index (κ1) is 13.5. The van der Waals surface area contributed by atoms with Gasteiger partial charge in [-0.05, 0) is 37.2 Å². The maximum atomic E-state index is 6.26. The third kappa shape index (κ3) is 2.30. The molecule has 0 aromatic heterocycles. The number of benzene rings is 2. The minimum absolute atomic E-state index is 0.205. The number of hydrogen-bond donors (Lipinski definition) is 1. The topological polar surface area (TPSA) is 21.3 Å². The highest BCUT2D eigenvalue weighted by Crippen LogP contribution is 2.41.